The fraction of sp³-hybridized carbons (Fsp3) is 0.391. The van der Waals surface area contributed by atoms with Gasteiger partial charge in [0.25, 0.3) is 0 Å². The summed E-state index contributed by atoms with van der Waals surface area (Å²) in [4.78, 5) is 27.6. The zero-order valence-electron chi connectivity index (χ0n) is 19.1. The number of hydrogen-bond donors (Lipinski definition) is 1. The van der Waals surface area contributed by atoms with E-state index in [1.54, 1.807) is 43.3 Å². The minimum absolute atomic E-state index is 0.0651. The van der Waals surface area contributed by atoms with Crippen LogP contribution in [0.15, 0.2) is 48.5 Å². The van der Waals surface area contributed by atoms with Crippen LogP contribution in [-0.4, -0.2) is 50.0 Å². The molecule has 1 N–H and O–H groups in total. The molecule has 0 saturated heterocycles. The summed E-state index contributed by atoms with van der Waals surface area (Å²) in [5, 5.41) is 3.81. The van der Waals surface area contributed by atoms with Crippen molar-refractivity contribution in [1.29, 1.82) is 0 Å². The molecule has 10 heteroatoms. The topological polar surface area (TPSA) is 86.8 Å². The highest BCUT2D eigenvalue weighted by Gasteiger charge is 2.30. The van der Waals surface area contributed by atoms with Crippen molar-refractivity contribution in [2.24, 2.45) is 0 Å². The SMILES string of the molecule is CC[C@@H](C)NC(=O)[C@H](C)N(Cc1cccc(Cl)c1)C(=O)CN(c1ccc(Cl)cc1)S(C)(=O)=O. The molecule has 2 aromatic rings. The molecule has 2 aromatic carbocycles. The maximum Gasteiger partial charge on any atom is 0.244 e. The van der Waals surface area contributed by atoms with E-state index in [2.05, 4.69) is 5.32 Å². The number of hydrogen-bond acceptors (Lipinski definition) is 4. The third-order valence-corrected chi connectivity index (χ3v) is 6.83. The van der Waals surface area contributed by atoms with Crippen LogP contribution in [0.3, 0.4) is 0 Å². The van der Waals surface area contributed by atoms with Gasteiger partial charge in [0.2, 0.25) is 21.8 Å². The summed E-state index contributed by atoms with van der Waals surface area (Å²) in [6.07, 6.45) is 1.76. The molecule has 2 rings (SSSR count). The van der Waals surface area contributed by atoms with Crippen molar-refractivity contribution in [3.05, 3.63) is 64.1 Å². The van der Waals surface area contributed by atoms with Crippen molar-refractivity contribution >= 4 is 50.7 Å². The largest absolute Gasteiger partial charge is 0.352 e. The van der Waals surface area contributed by atoms with Crippen molar-refractivity contribution < 1.29 is 18.0 Å². The van der Waals surface area contributed by atoms with Crippen LogP contribution in [0.5, 0.6) is 0 Å². The second kappa shape index (κ2) is 11.7. The summed E-state index contributed by atoms with van der Waals surface area (Å²) in [5.41, 5.74) is 1.02. The molecule has 0 aliphatic rings. The van der Waals surface area contributed by atoms with Crippen LogP contribution >= 0.6 is 23.2 Å². The molecule has 0 unspecified atom stereocenters. The molecule has 0 saturated carbocycles. The van der Waals surface area contributed by atoms with Gasteiger partial charge in [-0.2, -0.15) is 0 Å². The Hall–Kier alpha value is -2.29. The van der Waals surface area contributed by atoms with Crippen LogP contribution in [0.25, 0.3) is 0 Å². The summed E-state index contributed by atoms with van der Waals surface area (Å²) < 4.78 is 26.0. The summed E-state index contributed by atoms with van der Waals surface area (Å²) in [7, 11) is -3.79. The minimum Gasteiger partial charge on any atom is -0.352 e. The monoisotopic (exact) mass is 513 g/mol. The number of anilines is 1. The van der Waals surface area contributed by atoms with E-state index in [0.29, 0.717) is 15.7 Å². The van der Waals surface area contributed by atoms with Gasteiger partial charge in [0, 0.05) is 22.6 Å². The van der Waals surface area contributed by atoms with Crippen molar-refractivity contribution in [3.63, 3.8) is 0 Å². The molecule has 0 fully saturated rings. The van der Waals surface area contributed by atoms with Gasteiger partial charge >= 0.3 is 0 Å². The molecule has 180 valence electrons. The van der Waals surface area contributed by atoms with Gasteiger partial charge in [-0.1, -0.05) is 42.3 Å². The summed E-state index contributed by atoms with van der Waals surface area (Å²) in [6, 6.07) is 12.2. The van der Waals surface area contributed by atoms with E-state index >= 15 is 0 Å². The van der Waals surface area contributed by atoms with Crippen LogP contribution < -0.4 is 9.62 Å². The second-order valence-electron chi connectivity index (χ2n) is 7.89. The average Bonchev–Trinajstić information content (AvgIpc) is 2.75. The van der Waals surface area contributed by atoms with Gasteiger partial charge < -0.3 is 10.2 Å². The van der Waals surface area contributed by atoms with Crippen LogP contribution in [0.2, 0.25) is 10.0 Å². The maximum atomic E-state index is 13.4. The van der Waals surface area contributed by atoms with E-state index in [1.807, 2.05) is 13.8 Å². The van der Waals surface area contributed by atoms with Crippen LogP contribution in [-0.2, 0) is 26.2 Å². The van der Waals surface area contributed by atoms with E-state index in [4.69, 9.17) is 23.2 Å². The quantitative estimate of drug-likeness (QED) is 0.518. The van der Waals surface area contributed by atoms with Gasteiger partial charge in [-0.15, -0.1) is 0 Å². The Labute approximate surface area is 205 Å². The van der Waals surface area contributed by atoms with Crippen LogP contribution in [0.1, 0.15) is 32.8 Å². The van der Waals surface area contributed by atoms with Crippen molar-refractivity contribution in [3.8, 4) is 0 Å². The molecule has 0 heterocycles. The van der Waals surface area contributed by atoms with E-state index < -0.39 is 28.5 Å². The molecule has 2 amide bonds. The fourth-order valence-electron chi connectivity index (χ4n) is 3.10. The Morgan fingerprint density at radius 1 is 1.03 bits per heavy atom. The molecule has 7 nitrogen and oxygen atoms in total. The van der Waals surface area contributed by atoms with E-state index in [1.165, 1.54) is 17.0 Å². The predicted molar refractivity (Wildman–Crippen MR) is 133 cm³/mol. The Kier molecular flexibility index (Phi) is 9.57. The lowest BCUT2D eigenvalue weighted by Gasteiger charge is -2.32. The first kappa shape index (κ1) is 27.0. The fourth-order valence-corrected chi connectivity index (χ4v) is 4.29. The maximum absolute atomic E-state index is 13.4. The number of amides is 2. The van der Waals surface area contributed by atoms with Crippen LogP contribution in [0, 0.1) is 0 Å². The van der Waals surface area contributed by atoms with E-state index in [0.717, 1.165) is 22.5 Å². The lowest BCUT2D eigenvalue weighted by Crippen LogP contribution is -2.52. The molecule has 33 heavy (non-hydrogen) atoms. The highest BCUT2D eigenvalue weighted by Crippen LogP contribution is 2.22. The first-order valence-corrected chi connectivity index (χ1v) is 13.1. The van der Waals surface area contributed by atoms with Crippen molar-refractivity contribution in [2.45, 2.75) is 45.8 Å². The Morgan fingerprint density at radius 2 is 1.67 bits per heavy atom. The lowest BCUT2D eigenvalue weighted by atomic mass is 10.1. The first-order chi connectivity index (χ1) is 15.4. The minimum atomic E-state index is -3.79. The van der Waals surface area contributed by atoms with Crippen LogP contribution in [0.4, 0.5) is 5.69 Å². The molecule has 0 aliphatic heterocycles. The molecule has 0 aliphatic carbocycles. The summed E-state index contributed by atoms with van der Waals surface area (Å²) in [6.45, 7) is 5.06. The number of halogens is 2. The zero-order chi connectivity index (χ0) is 24.8. The van der Waals surface area contributed by atoms with E-state index in [9.17, 15) is 18.0 Å². The number of carbonyl (C=O) groups is 2. The number of carbonyl (C=O) groups excluding carboxylic acids is 2. The number of nitrogens with one attached hydrogen (secondary N) is 1. The van der Waals surface area contributed by atoms with E-state index in [-0.39, 0.29) is 18.5 Å². The van der Waals surface area contributed by atoms with Gasteiger partial charge in [-0.3, -0.25) is 13.9 Å². The van der Waals surface area contributed by atoms with Crippen molar-refractivity contribution in [2.75, 3.05) is 17.1 Å². The van der Waals surface area contributed by atoms with Gasteiger partial charge in [0.15, 0.2) is 0 Å². The Balaban J connectivity index is 2.37. The average molecular weight is 514 g/mol. The van der Waals surface area contributed by atoms with Gasteiger partial charge in [-0.05, 0) is 62.2 Å². The Morgan fingerprint density at radius 3 is 2.21 bits per heavy atom. The van der Waals surface area contributed by atoms with Gasteiger partial charge in [0.05, 0.1) is 11.9 Å². The highest BCUT2D eigenvalue weighted by atomic mass is 35.5. The van der Waals surface area contributed by atoms with Gasteiger partial charge in [0.1, 0.15) is 12.6 Å². The normalized spacial score (nSPS) is 13.2. The molecule has 0 spiro atoms. The second-order valence-corrected chi connectivity index (χ2v) is 10.7. The summed E-state index contributed by atoms with van der Waals surface area (Å²) >= 11 is 12.0. The molecule has 0 aromatic heterocycles. The standard InChI is InChI=1S/C23H29Cl2N3O4S/c1-5-16(2)26-23(30)17(3)27(14-18-7-6-8-20(25)13-18)22(29)15-28(33(4,31)32)21-11-9-19(24)10-12-21/h6-13,16-17H,5,14-15H2,1-4H3,(H,26,30)/t16-,17+/m1/s1. The molecular weight excluding hydrogens is 485 g/mol. The molecule has 0 radical (unpaired) electrons. The Bertz CT molecular complexity index is 1080. The van der Waals surface area contributed by atoms with Gasteiger partial charge in [-0.25, -0.2) is 8.42 Å². The number of rotatable bonds is 10. The molecular formula is C23H29Cl2N3O4S. The zero-order valence-corrected chi connectivity index (χ0v) is 21.4. The molecule has 2 atom stereocenters. The van der Waals surface area contributed by atoms with Crippen molar-refractivity contribution in [1.82, 2.24) is 10.2 Å². The summed E-state index contributed by atoms with van der Waals surface area (Å²) in [5.74, 6) is -0.848. The third kappa shape index (κ3) is 7.91. The number of sulfonamides is 1. The first-order valence-electron chi connectivity index (χ1n) is 10.5. The highest BCUT2D eigenvalue weighted by molar-refractivity contribution is 7.92. The number of benzene rings is 2. The lowest BCUT2D eigenvalue weighted by molar-refractivity contribution is -0.139. The molecule has 0 bridgehead atoms. The smallest absolute Gasteiger partial charge is 0.244 e. The number of nitrogens with zero attached hydrogens (tertiary/aromatic N) is 2. The third-order valence-electron chi connectivity index (χ3n) is 5.20. The predicted octanol–water partition coefficient (Wildman–Crippen LogP) is 4.09.